The molecule has 1 N–H and O–H groups in total. The minimum Gasteiger partial charge on any atom is -0.478 e. The molecule has 0 amide bonds. The van der Waals surface area contributed by atoms with Crippen LogP contribution in [-0.4, -0.2) is 15.6 Å². The van der Waals surface area contributed by atoms with Gasteiger partial charge < -0.3 is 14.3 Å². The lowest BCUT2D eigenvalue weighted by Gasteiger charge is -2.21. The molecule has 0 fully saturated rings. The molecule has 1 atom stereocenters. The third-order valence-electron chi connectivity index (χ3n) is 5.13. The zero-order valence-electron chi connectivity index (χ0n) is 18.0. The average molecular weight is 411 g/mol. The summed E-state index contributed by atoms with van der Waals surface area (Å²) in [5.41, 5.74) is 3.45. The minimum atomic E-state index is -1.14. The van der Waals surface area contributed by atoms with Gasteiger partial charge in [0.25, 0.3) is 0 Å². The van der Waals surface area contributed by atoms with Crippen LogP contribution in [0.15, 0.2) is 45.6 Å². The second-order valence-corrected chi connectivity index (χ2v) is 7.77. The lowest BCUT2D eigenvalue weighted by Crippen LogP contribution is -2.20. The first-order chi connectivity index (χ1) is 14.4. The zero-order valence-corrected chi connectivity index (χ0v) is 18.0. The van der Waals surface area contributed by atoms with Gasteiger partial charge in [0.05, 0.1) is 5.52 Å². The summed E-state index contributed by atoms with van der Waals surface area (Å²) in [6, 6.07) is 10.8. The highest BCUT2D eigenvalue weighted by molar-refractivity contribution is 5.82. The normalized spacial score (nSPS) is 12.4. The van der Waals surface area contributed by atoms with Crippen molar-refractivity contribution < 1.29 is 19.1 Å². The Morgan fingerprint density at radius 3 is 2.37 bits per heavy atom. The molecular formula is C24H29NO5. The smallest absolute Gasteiger partial charge is 0.420 e. The Kier molecular flexibility index (Phi) is 6.65. The molecule has 0 bridgehead atoms. The van der Waals surface area contributed by atoms with Crippen molar-refractivity contribution in [3.63, 3.8) is 0 Å². The van der Waals surface area contributed by atoms with E-state index in [4.69, 9.17) is 9.15 Å². The monoisotopic (exact) mass is 411 g/mol. The van der Waals surface area contributed by atoms with E-state index in [1.165, 1.54) is 0 Å². The van der Waals surface area contributed by atoms with Crippen molar-refractivity contribution in [3.8, 4) is 5.75 Å². The number of ether oxygens (including phenoxy) is 1. The number of carboxylic acid groups (broad SMARTS) is 1. The molecule has 3 aromatic rings. The van der Waals surface area contributed by atoms with Gasteiger partial charge in [0.1, 0.15) is 5.75 Å². The van der Waals surface area contributed by atoms with Gasteiger partial charge in [-0.05, 0) is 38.3 Å². The van der Waals surface area contributed by atoms with Crippen LogP contribution in [0.25, 0.3) is 11.1 Å². The summed E-state index contributed by atoms with van der Waals surface area (Å²) in [6.07, 6.45) is 1.85. The van der Waals surface area contributed by atoms with Gasteiger partial charge >= 0.3 is 11.7 Å². The summed E-state index contributed by atoms with van der Waals surface area (Å²) in [4.78, 5) is 24.6. The van der Waals surface area contributed by atoms with Crippen LogP contribution in [0.5, 0.6) is 5.75 Å². The van der Waals surface area contributed by atoms with Crippen LogP contribution in [0, 0.1) is 0 Å². The number of nitrogens with zero attached hydrogens (tertiary/aromatic N) is 1. The highest BCUT2D eigenvalue weighted by Crippen LogP contribution is 2.37. The fourth-order valence-corrected chi connectivity index (χ4v) is 3.85. The summed E-state index contributed by atoms with van der Waals surface area (Å²) < 4.78 is 13.5. The molecule has 3 rings (SSSR count). The number of carbonyl (C=O) groups is 1. The Bertz CT molecular complexity index is 1080. The zero-order chi connectivity index (χ0) is 21.8. The van der Waals surface area contributed by atoms with Crippen LogP contribution >= 0.6 is 0 Å². The molecule has 0 saturated heterocycles. The van der Waals surface area contributed by atoms with Crippen LogP contribution in [0.3, 0.4) is 0 Å². The molecular weight excluding hydrogens is 382 g/mol. The Labute approximate surface area is 176 Å². The van der Waals surface area contributed by atoms with E-state index in [0.717, 1.165) is 29.5 Å². The first kappa shape index (κ1) is 21.7. The SMILES string of the molecule is CCCc1cc2c(oc(=O)n2C(C)C)c(CCC)c1O[C@H](C(=O)O)c1ccccc1. The molecule has 0 spiro atoms. The van der Waals surface area contributed by atoms with Crippen LogP contribution in [0.2, 0.25) is 0 Å². The van der Waals surface area contributed by atoms with Crippen LogP contribution in [0.4, 0.5) is 0 Å². The fraction of sp³-hybridized carbons (Fsp3) is 0.417. The Hall–Kier alpha value is -3.02. The Morgan fingerprint density at radius 2 is 1.80 bits per heavy atom. The van der Waals surface area contributed by atoms with Gasteiger partial charge in [-0.3, -0.25) is 4.57 Å². The Balaban J connectivity index is 2.25. The van der Waals surface area contributed by atoms with Gasteiger partial charge in [-0.2, -0.15) is 0 Å². The maximum atomic E-state index is 12.5. The lowest BCUT2D eigenvalue weighted by atomic mass is 9.99. The maximum absolute atomic E-state index is 12.5. The molecule has 2 aromatic carbocycles. The number of hydrogen-bond acceptors (Lipinski definition) is 4. The number of benzene rings is 2. The molecule has 0 aliphatic carbocycles. The van der Waals surface area contributed by atoms with Crippen LogP contribution in [0.1, 0.15) is 69.4 Å². The first-order valence-electron chi connectivity index (χ1n) is 10.5. The second kappa shape index (κ2) is 9.20. The molecule has 0 radical (unpaired) electrons. The van der Waals surface area contributed by atoms with Gasteiger partial charge in [0.2, 0.25) is 6.10 Å². The average Bonchev–Trinajstić information content (AvgIpc) is 3.04. The molecule has 1 aromatic heterocycles. The first-order valence-corrected chi connectivity index (χ1v) is 10.5. The number of hydrogen-bond donors (Lipinski definition) is 1. The topological polar surface area (TPSA) is 81.7 Å². The molecule has 160 valence electrons. The van der Waals surface area contributed by atoms with Gasteiger partial charge in [-0.15, -0.1) is 0 Å². The molecule has 6 nitrogen and oxygen atoms in total. The van der Waals surface area contributed by atoms with Gasteiger partial charge in [0.15, 0.2) is 5.58 Å². The van der Waals surface area contributed by atoms with Gasteiger partial charge in [-0.25, -0.2) is 9.59 Å². The number of fused-ring (bicyclic) bond motifs is 1. The predicted molar refractivity (Wildman–Crippen MR) is 116 cm³/mol. The minimum absolute atomic E-state index is 0.0504. The van der Waals surface area contributed by atoms with Gasteiger partial charge in [0, 0.05) is 17.2 Å². The largest absolute Gasteiger partial charge is 0.478 e. The fourth-order valence-electron chi connectivity index (χ4n) is 3.85. The summed E-state index contributed by atoms with van der Waals surface area (Å²) in [7, 11) is 0. The van der Waals surface area contributed by atoms with Crippen LogP contribution in [-0.2, 0) is 17.6 Å². The summed E-state index contributed by atoms with van der Waals surface area (Å²) in [5, 5.41) is 9.86. The molecule has 0 unspecified atom stereocenters. The van der Waals surface area contributed by atoms with E-state index in [9.17, 15) is 14.7 Å². The van der Waals surface area contributed by atoms with Crippen molar-refractivity contribution in [2.24, 2.45) is 0 Å². The van der Waals surface area contributed by atoms with E-state index < -0.39 is 17.8 Å². The quantitative estimate of drug-likeness (QED) is 0.518. The summed E-state index contributed by atoms with van der Waals surface area (Å²) in [5.74, 6) is -0.950. The molecule has 0 aliphatic rings. The molecule has 0 aliphatic heterocycles. The number of carboxylic acids is 1. The molecule has 0 saturated carbocycles. The third kappa shape index (κ3) is 4.13. The number of oxazole rings is 1. The maximum Gasteiger partial charge on any atom is 0.420 e. The van der Waals surface area contributed by atoms with E-state index in [0.29, 0.717) is 29.7 Å². The van der Waals surface area contributed by atoms with Gasteiger partial charge in [-0.1, -0.05) is 57.0 Å². The number of rotatable bonds is 9. The molecule has 6 heteroatoms. The number of aromatic nitrogens is 1. The molecule has 1 heterocycles. The van der Waals surface area contributed by atoms with E-state index in [1.807, 2.05) is 32.9 Å². The highest BCUT2D eigenvalue weighted by atomic mass is 16.5. The van der Waals surface area contributed by atoms with E-state index >= 15 is 0 Å². The van der Waals surface area contributed by atoms with Crippen molar-refractivity contribution in [2.75, 3.05) is 0 Å². The third-order valence-corrected chi connectivity index (χ3v) is 5.13. The van der Waals surface area contributed by atoms with Crippen LogP contribution < -0.4 is 10.5 Å². The van der Waals surface area contributed by atoms with Crippen molar-refractivity contribution >= 4 is 17.1 Å². The lowest BCUT2D eigenvalue weighted by molar-refractivity contribution is -0.145. The van der Waals surface area contributed by atoms with E-state index in [1.54, 1.807) is 28.8 Å². The summed E-state index contributed by atoms with van der Waals surface area (Å²) in [6.45, 7) is 7.97. The van der Waals surface area contributed by atoms with Crippen molar-refractivity contribution in [1.29, 1.82) is 0 Å². The van der Waals surface area contributed by atoms with E-state index in [-0.39, 0.29) is 6.04 Å². The predicted octanol–water partition coefficient (Wildman–Crippen LogP) is 5.29. The van der Waals surface area contributed by atoms with Crippen molar-refractivity contribution in [1.82, 2.24) is 4.57 Å². The number of aryl methyl sites for hydroxylation is 2. The standard InChI is InChI=1S/C24H29NO5/c1-5-10-17-14-19-22(30-24(28)25(19)15(3)4)18(11-6-2)20(17)29-21(23(26)27)16-12-8-7-9-13-16/h7-9,12-15,21H,5-6,10-11H2,1-4H3,(H,26,27)/t21-/m0/s1. The van der Waals surface area contributed by atoms with Crippen molar-refractivity contribution in [2.45, 2.75) is 65.5 Å². The van der Waals surface area contributed by atoms with E-state index in [2.05, 4.69) is 6.92 Å². The van der Waals surface area contributed by atoms with Crippen molar-refractivity contribution in [3.05, 3.63) is 63.6 Å². The highest BCUT2D eigenvalue weighted by Gasteiger charge is 2.27. The number of aliphatic carboxylic acids is 1. The second-order valence-electron chi connectivity index (χ2n) is 7.77. The Morgan fingerprint density at radius 1 is 1.13 bits per heavy atom. The molecule has 30 heavy (non-hydrogen) atoms. The summed E-state index contributed by atoms with van der Waals surface area (Å²) >= 11 is 0.